The van der Waals surface area contributed by atoms with Gasteiger partial charge in [-0.15, -0.1) is 11.3 Å². The number of aromatic nitrogens is 3. The van der Waals surface area contributed by atoms with Crippen molar-refractivity contribution in [3.05, 3.63) is 37.8 Å². The zero-order chi connectivity index (χ0) is 20.0. The summed E-state index contributed by atoms with van der Waals surface area (Å²) in [5.41, 5.74) is 3.33. The van der Waals surface area contributed by atoms with E-state index in [1.807, 2.05) is 18.4 Å². The highest BCUT2D eigenvalue weighted by Crippen LogP contribution is 2.35. The molecule has 1 atom stereocenters. The van der Waals surface area contributed by atoms with E-state index in [0.29, 0.717) is 12.3 Å². The van der Waals surface area contributed by atoms with Crippen molar-refractivity contribution < 1.29 is 9.26 Å². The largest absolute Gasteiger partial charge is 0.376 e. The number of thioether (sulfide) groups is 1. The van der Waals surface area contributed by atoms with Crippen LogP contribution in [0, 0.1) is 13.8 Å². The molecule has 1 unspecified atom stereocenters. The molecule has 6 nitrogen and oxygen atoms in total. The molecule has 1 fully saturated rings. The SMILES string of the molecule is Cc1noc(C)c1CSc1nc2sc3c(c2c(=O)n1CC1CCCO1)CCCC3. The molecule has 29 heavy (non-hydrogen) atoms. The molecule has 1 aliphatic heterocycles. The van der Waals surface area contributed by atoms with Crippen LogP contribution in [0.4, 0.5) is 0 Å². The van der Waals surface area contributed by atoms with Gasteiger partial charge in [0.2, 0.25) is 0 Å². The molecule has 3 aromatic heterocycles. The number of nitrogens with zero attached hydrogens (tertiary/aromatic N) is 3. The molecule has 0 N–H and O–H groups in total. The first-order valence-electron chi connectivity index (χ1n) is 10.3. The molecule has 0 spiro atoms. The van der Waals surface area contributed by atoms with Gasteiger partial charge in [0, 0.05) is 22.8 Å². The molecule has 4 heterocycles. The van der Waals surface area contributed by atoms with Crippen LogP contribution in [0.15, 0.2) is 14.5 Å². The molecule has 0 bridgehead atoms. The van der Waals surface area contributed by atoms with Crippen molar-refractivity contribution in [2.24, 2.45) is 0 Å². The first-order valence-corrected chi connectivity index (χ1v) is 12.1. The molecule has 5 rings (SSSR count). The number of hydrogen-bond donors (Lipinski definition) is 0. The second-order valence-electron chi connectivity index (χ2n) is 7.93. The highest BCUT2D eigenvalue weighted by atomic mass is 32.2. The lowest BCUT2D eigenvalue weighted by Crippen LogP contribution is -2.29. The van der Waals surface area contributed by atoms with Crippen molar-refractivity contribution in [3.8, 4) is 0 Å². The first kappa shape index (κ1) is 19.3. The molecule has 0 radical (unpaired) electrons. The van der Waals surface area contributed by atoms with Gasteiger partial charge < -0.3 is 9.26 Å². The Kier molecular flexibility index (Phi) is 5.26. The second-order valence-corrected chi connectivity index (χ2v) is 9.95. The minimum absolute atomic E-state index is 0.0971. The summed E-state index contributed by atoms with van der Waals surface area (Å²) in [7, 11) is 0. The quantitative estimate of drug-likeness (QED) is 0.440. The van der Waals surface area contributed by atoms with Gasteiger partial charge in [-0.3, -0.25) is 9.36 Å². The van der Waals surface area contributed by atoms with Crippen LogP contribution in [0.2, 0.25) is 0 Å². The Labute approximate surface area is 177 Å². The molecule has 0 saturated carbocycles. The van der Waals surface area contributed by atoms with Gasteiger partial charge in [-0.1, -0.05) is 16.9 Å². The standard InChI is InChI=1S/C21H25N3O3S2/c1-12-16(13(2)27-23-12)11-28-21-22-19-18(15-7-3-4-8-17(15)29-19)20(25)24(21)10-14-6-5-9-26-14/h14H,3-11H2,1-2H3. The fraction of sp³-hybridized carbons (Fsp3) is 0.571. The fourth-order valence-electron chi connectivity index (χ4n) is 4.33. The summed E-state index contributed by atoms with van der Waals surface area (Å²) in [4.78, 5) is 20.8. The van der Waals surface area contributed by atoms with Crippen LogP contribution in [0.25, 0.3) is 10.2 Å². The average molecular weight is 432 g/mol. The van der Waals surface area contributed by atoms with Crippen LogP contribution in [0.1, 0.15) is 53.1 Å². The van der Waals surface area contributed by atoms with Crippen LogP contribution in [0.3, 0.4) is 0 Å². The molecule has 0 amide bonds. The molecular formula is C21H25N3O3S2. The van der Waals surface area contributed by atoms with E-state index in [-0.39, 0.29) is 11.7 Å². The molecule has 0 aromatic carbocycles. The van der Waals surface area contributed by atoms with Crippen molar-refractivity contribution in [2.45, 2.75) is 75.9 Å². The molecular weight excluding hydrogens is 406 g/mol. The lowest BCUT2D eigenvalue weighted by molar-refractivity contribution is 0.0937. The third-order valence-corrected chi connectivity index (χ3v) is 8.17. The highest BCUT2D eigenvalue weighted by Gasteiger charge is 2.25. The Hall–Kier alpha value is -1.64. The maximum absolute atomic E-state index is 13.6. The van der Waals surface area contributed by atoms with Crippen molar-refractivity contribution in [2.75, 3.05) is 6.61 Å². The monoisotopic (exact) mass is 431 g/mol. The first-order chi connectivity index (χ1) is 14.1. The summed E-state index contributed by atoms with van der Waals surface area (Å²) in [5, 5.41) is 5.68. The van der Waals surface area contributed by atoms with Crippen LogP contribution in [0.5, 0.6) is 0 Å². The predicted molar refractivity (Wildman–Crippen MR) is 115 cm³/mol. The summed E-state index contributed by atoms with van der Waals surface area (Å²) in [5.74, 6) is 1.52. The topological polar surface area (TPSA) is 70.2 Å². The molecule has 2 aliphatic rings. The summed E-state index contributed by atoms with van der Waals surface area (Å²) < 4.78 is 13.0. The molecule has 3 aromatic rings. The fourth-order valence-corrected chi connectivity index (χ4v) is 6.79. The van der Waals surface area contributed by atoms with E-state index in [2.05, 4.69) is 5.16 Å². The summed E-state index contributed by atoms with van der Waals surface area (Å²) in [6.45, 7) is 5.25. The number of hydrogen-bond acceptors (Lipinski definition) is 7. The smallest absolute Gasteiger partial charge is 0.263 e. The summed E-state index contributed by atoms with van der Waals surface area (Å²) in [6.07, 6.45) is 6.59. The number of fused-ring (bicyclic) bond motifs is 3. The third-order valence-electron chi connectivity index (χ3n) is 5.98. The minimum atomic E-state index is 0.0971. The van der Waals surface area contributed by atoms with Crippen molar-refractivity contribution >= 4 is 33.3 Å². The van der Waals surface area contributed by atoms with E-state index < -0.39 is 0 Å². The number of ether oxygens (including phenoxy) is 1. The van der Waals surface area contributed by atoms with E-state index in [1.165, 1.54) is 16.9 Å². The van der Waals surface area contributed by atoms with Crippen LogP contribution in [-0.4, -0.2) is 27.4 Å². The van der Waals surface area contributed by atoms with Gasteiger partial charge in [0.1, 0.15) is 10.6 Å². The van der Waals surface area contributed by atoms with Gasteiger partial charge in [0.05, 0.1) is 23.7 Å². The zero-order valence-electron chi connectivity index (χ0n) is 16.8. The van der Waals surface area contributed by atoms with Crippen molar-refractivity contribution in [1.29, 1.82) is 0 Å². The number of thiophene rings is 1. The average Bonchev–Trinajstić information content (AvgIpc) is 3.42. The predicted octanol–water partition coefficient (Wildman–Crippen LogP) is 4.41. The second kappa shape index (κ2) is 7.89. The lowest BCUT2D eigenvalue weighted by Gasteiger charge is -2.16. The molecule has 1 saturated heterocycles. The van der Waals surface area contributed by atoms with E-state index >= 15 is 0 Å². The van der Waals surface area contributed by atoms with Gasteiger partial charge in [-0.05, 0) is 57.9 Å². The van der Waals surface area contributed by atoms with Crippen LogP contribution >= 0.6 is 23.1 Å². The van der Waals surface area contributed by atoms with E-state index in [4.69, 9.17) is 14.2 Å². The molecule has 1 aliphatic carbocycles. The Morgan fingerprint density at radius 3 is 2.86 bits per heavy atom. The molecule has 154 valence electrons. The molecule has 8 heteroatoms. The Morgan fingerprint density at radius 2 is 2.10 bits per heavy atom. The van der Waals surface area contributed by atoms with Crippen molar-refractivity contribution in [1.82, 2.24) is 14.7 Å². The maximum Gasteiger partial charge on any atom is 0.263 e. The Morgan fingerprint density at radius 1 is 1.24 bits per heavy atom. The zero-order valence-corrected chi connectivity index (χ0v) is 18.5. The minimum Gasteiger partial charge on any atom is -0.376 e. The van der Waals surface area contributed by atoms with Gasteiger partial charge in [0.25, 0.3) is 5.56 Å². The van der Waals surface area contributed by atoms with E-state index in [0.717, 1.165) is 71.1 Å². The Balaban J connectivity index is 1.57. The number of rotatable bonds is 5. The summed E-state index contributed by atoms with van der Waals surface area (Å²) >= 11 is 3.30. The third kappa shape index (κ3) is 3.55. The number of aryl methyl sites for hydroxylation is 4. The normalized spacial score (nSPS) is 19.2. The maximum atomic E-state index is 13.6. The summed E-state index contributed by atoms with van der Waals surface area (Å²) in [6, 6.07) is 0. The van der Waals surface area contributed by atoms with E-state index in [1.54, 1.807) is 23.1 Å². The van der Waals surface area contributed by atoms with Gasteiger partial charge in [-0.2, -0.15) is 0 Å². The van der Waals surface area contributed by atoms with Gasteiger partial charge >= 0.3 is 0 Å². The van der Waals surface area contributed by atoms with Crippen LogP contribution < -0.4 is 5.56 Å². The van der Waals surface area contributed by atoms with Gasteiger partial charge in [0.15, 0.2) is 5.16 Å². The van der Waals surface area contributed by atoms with E-state index in [9.17, 15) is 4.79 Å². The highest BCUT2D eigenvalue weighted by molar-refractivity contribution is 7.98. The van der Waals surface area contributed by atoms with Crippen molar-refractivity contribution in [3.63, 3.8) is 0 Å². The van der Waals surface area contributed by atoms with Crippen LogP contribution in [-0.2, 0) is 29.9 Å². The van der Waals surface area contributed by atoms with Gasteiger partial charge in [-0.25, -0.2) is 4.98 Å². The lowest BCUT2D eigenvalue weighted by atomic mass is 9.97. The Bertz CT molecular complexity index is 1090.